The molecule has 0 rings (SSSR count). The smallest absolute Gasteiger partial charge is 0.303 e. The van der Waals surface area contributed by atoms with Crippen LogP contribution >= 0.6 is 0 Å². The van der Waals surface area contributed by atoms with E-state index in [1.807, 2.05) is 6.92 Å². The summed E-state index contributed by atoms with van der Waals surface area (Å²) in [6.07, 6.45) is 1.03. The fourth-order valence-corrected chi connectivity index (χ4v) is 1.13. The first-order valence-electron chi connectivity index (χ1n) is 5.13. The van der Waals surface area contributed by atoms with Gasteiger partial charge in [0.1, 0.15) is 0 Å². The van der Waals surface area contributed by atoms with Crippen LogP contribution in [0.4, 0.5) is 0 Å². The van der Waals surface area contributed by atoms with Crippen LogP contribution in [0, 0.1) is 5.92 Å². The average Bonchev–Trinajstić information content (AvgIpc) is 2.16. The SMILES string of the molecule is CC(CN)CC(=O)N(C)CCCC(=O)O. The van der Waals surface area contributed by atoms with Crippen LogP contribution < -0.4 is 5.73 Å². The van der Waals surface area contributed by atoms with Gasteiger partial charge in [0.2, 0.25) is 5.91 Å². The summed E-state index contributed by atoms with van der Waals surface area (Å²) in [6.45, 7) is 2.90. The van der Waals surface area contributed by atoms with Gasteiger partial charge in [-0.05, 0) is 18.9 Å². The van der Waals surface area contributed by atoms with E-state index in [-0.39, 0.29) is 18.2 Å². The van der Waals surface area contributed by atoms with Gasteiger partial charge in [0.15, 0.2) is 0 Å². The summed E-state index contributed by atoms with van der Waals surface area (Å²) in [5, 5.41) is 8.43. The molecule has 0 radical (unpaired) electrons. The number of carbonyl (C=O) groups excluding carboxylic acids is 1. The van der Waals surface area contributed by atoms with Crippen LogP contribution in [0.25, 0.3) is 0 Å². The van der Waals surface area contributed by atoms with Crippen molar-refractivity contribution < 1.29 is 14.7 Å². The van der Waals surface area contributed by atoms with Gasteiger partial charge in [-0.1, -0.05) is 6.92 Å². The molecule has 0 fully saturated rings. The van der Waals surface area contributed by atoms with Crippen molar-refractivity contribution in [3.63, 3.8) is 0 Å². The summed E-state index contributed by atoms with van der Waals surface area (Å²) in [7, 11) is 1.69. The Morgan fingerprint density at radius 3 is 2.53 bits per heavy atom. The van der Waals surface area contributed by atoms with Crippen molar-refractivity contribution in [1.29, 1.82) is 0 Å². The lowest BCUT2D eigenvalue weighted by Crippen LogP contribution is -2.30. The normalized spacial score (nSPS) is 12.2. The Morgan fingerprint density at radius 2 is 2.07 bits per heavy atom. The van der Waals surface area contributed by atoms with Crippen molar-refractivity contribution in [2.24, 2.45) is 11.7 Å². The second-order valence-electron chi connectivity index (χ2n) is 3.86. The first-order chi connectivity index (χ1) is 6.97. The number of aliphatic carboxylic acids is 1. The molecule has 0 saturated carbocycles. The van der Waals surface area contributed by atoms with Crippen LogP contribution in [-0.4, -0.2) is 42.0 Å². The van der Waals surface area contributed by atoms with Gasteiger partial charge in [-0.25, -0.2) is 0 Å². The topological polar surface area (TPSA) is 83.6 Å². The third kappa shape index (κ3) is 6.90. The lowest BCUT2D eigenvalue weighted by Gasteiger charge is -2.18. The van der Waals surface area contributed by atoms with E-state index < -0.39 is 5.97 Å². The highest BCUT2D eigenvalue weighted by atomic mass is 16.4. The van der Waals surface area contributed by atoms with E-state index in [0.717, 1.165) is 0 Å². The fourth-order valence-electron chi connectivity index (χ4n) is 1.13. The van der Waals surface area contributed by atoms with Crippen molar-refractivity contribution in [2.45, 2.75) is 26.2 Å². The fraction of sp³-hybridized carbons (Fsp3) is 0.800. The molecule has 5 nitrogen and oxygen atoms in total. The largest absolute Gasteiger partial charge is 0.481 e. The van der Waals surface area contributed by atoms with Gasteiger partial charge in [0.05, 0.1) is 0 Å². The molecule has 1 unspecified atom stereocenters. The molecule has 0 aromatic carbocycles. The van der Waals surface area contributed by atoms with Crippen LogP contribution in [0.3, 0.4) is 0 Å². The summed E-state index contributed by atoms with van der Waals surface area (Å²) >= 11 is 0. The van der Waals surface area contributed by atoms with Gasteiger partial charge in [0.25, 0.3) is 0 Å². The van der Waals surface area contributed by atoms with E-state index in [9.17, 15) is 9.59 Å². The molecule has 0 bridgehead atoms. The zero-order valence-corrected chi connectivity index (χ0v) is 9.40. The summed E-state index contributed by atoms with van der Waals surface area (Å²) in [4.78, 5) is 23.3. The molecular formula is C10H20N2O3. The van der Waals surface area contributed by atoms with Crippen molar-refractivity contribution in [3.05, 3.63) is 0 Å². The Bertz CT molecular complexity index is 219. The van der Waals surface area contributed by atoms with Gasteiger partial charge in [-0.3, -0.25) is 9.59 Å². The highest BCUT2D eigenvalue weighted by Gasteiger charge is 2.12. The molecule has 0 aromatic heterocycles. The van der Waals surface area contributed by atoms with Crippen LogP contribution in [0.1, 0.15) is 26.2 Å². The monoisotopic (exact) mass is 216 g/mol. The molecule has 1 amide bonds. The number of carbonyl (C=O) groups is 2. The Hall–Kier alpha value is -1.10. The molecule has 0 spiro atoms. The molecule has 0 aliphatic rings. The zero-order chi connectivity index (χ0) is 11.8. The second-order valence-corrected chi connectivity index (χ2v) is 3.86. The Balaban J connectivity index is 3.74. The van der Waals surface area contributed by atoms with Crippen molar-refractivity contribution >= 4 is 11.9 Å². The summed E-state index contributed by atoms with van der Waals surface area (Å²) in [5.41, 5.74) is 5.41. The number of rotatable bonds is 7. The number of hydrogen-bond acceptors (Lipinski definition) is 3. The molecule has 0 saturated heterocycles. The molecule has 15 heavy (non-hydrogen) atoms. The maximum atomic E-state index is 11.5. The van der Waals surface area contributed by atoms with E-state index in [2.05, 4.69) is 0 Å². The number of amides is 1. The molecule has 3 N–H and O–H groups in total. The third-order valence-corrected chi connectivity index (χ3v) is 2.24. The summed E-state index contributed by atoms with van der Waals surface area (Å²) < 4.78 is 0. The molecule has 0 heterocycles. The van der Waals surface area contributed by atoms with Crippen molar-refractivity contribution in [1.82, 2.24) is 4.90 Å². The number of hydrogen-bond donors (Lipinski definition) is 2. The van der Waals surface area contributed by atoms with Gasteiger partial charge in [-0.2, -0.15) is 0 Å². The third-order valence-electron chi connectivity index (χ3n) is 2.24. The van der Waals surface area contributed by atoms with Crippen LogP contribution in [0.15, 0.2) is 0 Å². The van der Waals surface area contributed by atoms with Crippen LogP contribution in [0.5, 0.6) is 0 Å². The van der Waals surface area contributed by atoms with E-state index in [0.29, 0.717) is 25.9 Å². The highest BCUT2D eigenvalue weighted by molar-refractivity contribution is 5.76. The Labute approximate surface area is 90.2 Å². The number of nitrogens with two attached hydrogens (primary N) is 1. The minimum Gasteiger partial charge on any atom is -0.481 e. The number of nitrogens with zero attached hydrogens (tertiary/aromatic N) is 1. The highest BCUT2D eigenvalue weighted by Crippen LogP contribution is 2.03. The van der Waals surface area contributed by atoms with Gasteiger partial charge in [-0.15, -0.1) is 0 Å². The molecule has 1 atom stereocenters. The van der Waals surface area contributed by atoms with Crippen LogP contribution in [0.2, 0.25) is 0 Å². The zero-order valence-electron chi connectivity index (χ0n) is 9.40. The first-order valence-corrected chi connectivity index (χ1v) is 5.13. The standard InChI is InChI=1S/C10H20N2O3/c1-8(7-11)6-9(13)12(2)5-3-4-10(14)15/h8H,3-7,11H2,1-2H3,(H,14,15). The van der Waals surface area contributed by atoms with Gasteiger partial charge in [0, 0.05) is 26.4 Å². The first kappa shape index (κ1) is 13.9. The van der Waals surface area contributed by atoms with Gasteiger partial charge < -0.3 is 15.7 Å². The molecule has 0 aromatic rings. The minimum absolute atomic E-state index is 0.0262. The molecule has 5 heteroatoms. The van der Waals surface area contributed by atoms with Crippen molar-refractivity contribution in [2.75, 3.05) is 20.1 Å². The minimum atomic E-state index is -0.828. The van der Waals surface area contributed by atoms with E-state index >= 15 is 0 Å². The lowest BCUT2D eigenvalue weighted by atomic mass is 10.1. The Morgan fingerprint density at radius 1 is 1.47 bits per heavy atom. The molecule has 0 aliphatic carbocycles. The predicted molar refractivity (Wildman–Crippen MR) is 57.3 cm³/mol. The number of carboxylic acids is 1. The molecule has 0 aliphatic heterocycles. The van der Waals surface area contributed by atoms with Gasteiger partial charge >= 0.3 is 5.97 Å². The van der Waals surface area contributed by atoms with Crippen LogP contribution in [-0.2, 0) is 9.59 Å². The van der Waals surface area contributed by atoms with Crippen molar-refractivity contribution in [3.8, 4) is 0 Å². The predicted octanol–water partition coefficient (Wildman–Crippen LogP) is 0.295. The lowest BCUT2D eigenvalue weighted by molar-refractivity contribution is -0.138. The summed E-state index contributed by atoms with van der Waals surface area (Å²) in [6, 6.07) is 0. The van der Waals surface area contributed by atoms with E-state index in [1.165, 1.54) is 0 Å². The maximum absolute atomic E-state index is 11.5. The Kier molecular flexibility index (Phi) is 6.70. The van der Waals surface area contributed by atoms with E-state index in [1.54, 1.807) is 11.9 Å². The second kappa shape index (κ2) is 7.23. The number of carboxylic acid groups (broad SMARTS) is 1. The molecular weight excluding hydrogens is 196 g/mol. The average molecular weight is 216 g/mol. The quantitative estimate of drug-likeness (QED) is 0.641. The maximum Gasteiger partial charge on any atom is 0.303 e. The van der Waals surface area contributed by atoms with E-state index in [4.69, 9.17) is 10.8 Å². The molecule has 88 valence electrons. The summed E-state index contributed by atoms with van der Waals surface area (Å²) in [5.74, 6) is -0.621.